The normalized spacial score (nSPS) is 12.0. The summed E-state index contributed by atoms with van der Waals surface area (Å²) in [5.74, 6) is 0. The molecule has 288 valence electrons. The Balaban J connectivity index is 1.15. The van der Waals surface area contributed by atoms with Gasteiger partial charge in [-0.1, -0.05) is 212 Å². The number of aryl methyl sites for hydroxylation is 4. The van der Waals surface area contributed by atoms with Gasteiger partial charge in [-0.15, -0.1) is 0 Å². The second kappa shape index (κ2) is 20.5. The molecule has 0 heteroatoms. The molecule has 1 aliphatic rings. The first-order valence-corrected chi connectivity index (χ1v) is 22.3. The van der Waals surface area contributed by atoms with Crippen LogP contribution in [0.25, 0.3) is 33.4 Å². The Bertz CT molecular complexity index is 2100. The second-order valence-electron chi connectivity index (χ2n) is 16.6. The molecule has 1 aliphatic carbocycles. The van der Waals surface area contributed by atoms with E-state index in [2.05, 4.69) is 147 Å². The first kappa shape index (κ1) is 39.6. The Morgan fingerprint density at radius 2 is 0.804 bits per heavy atom. The highest BCUT2D eigenvalue weighted by molar-refractivity contribution is 5.77. The Morgan fingerprint density at radius 1 is 0.339 bits per heavy atom. The van der Waals surface area contributed by atoms with Crippen LogP contribution in [0.5, 0.6) is 0 Å². The summed E-state index contributed by atoms with van der Waals surface area (Å²) in [5.41, 5.74) is 19.9. The topological polar surface area (TPSA) is 0 Å². The largest absolute Gasteiger partial charge is 0.0654 e. The summed E-state index contributed by atoms with van der Waals surface area (Å²) >= 11 is 0. The monoisotopic (exact) mass is 737 g/mol. The fourth-order valence-electron chi connectivity index (χ4n) is 8.74. The van der Waals surface area contributed by atoms with Crippen LogP contribution < -0.4 is 0 Å². The van der Waals surface area contributed by atoms with E-state index in [9.17, 15) is 0 Å². The maximum absolute atomic E-state index is 2.60. The average Bonchev–Trinajstić information content (AvgIpc) is 3.22. The summed E-state index contributed by atoms with van der Waals surface area (Å²) in [4.78, 5) is 0. The summed E-state index contributed by atoms with van der Waals surface area (Å²) in [7, 11) is 0. The molecule has 0 unspecified atom stereocenters. The van der Waals surface area contributed by atoms with E-state index in [1.54, 1.807) is 0 Å². The first-order valence-electron chi connectivity index (χ1n) is 22.3. The predicted octanol–water partition coefficient (Wildman–Crippen LogP) is 15.8. The predicted molar refractivity (Wildman–Crippen MR) is 243 cm³/mol. The molecule has 0 nitrogen and oxygen atoms in total. The lowest BCUT2D eigenvalue weighted by molar-refractivity contribution is 0.606. The first-order chi connectivity index (χ1) is 27.7. The molecule has 0 fully saturated rings. The van der Waals surface area contributed by atoms with Crippen molar-refractivity contribution in [3.63, 3.8) is 0 Å². The molecule has 0 saturated carbocycles. The third-order valence-corrected chi connectivity index (χ3v) is 12.2. The van der Waals surface area contributed by atoms with Crippen LogP contribution in [0, 0.1) is 0 Å². The van der Waals surface area contributed by atoms with Gasteiger partial charge in [0.05, 0.1) is 0 Å². The molecular formula is C56H64. The van der Waals surface area contributed by atoms with Crippen molar-refractivity contribution in [2.75, 3.05) is 0 Å². The molecule has 0 aliphatic heterocycles. The molecule has 6 aromatic carbocycles. The lowest BCUT2D eigenvalue weighted by atomic mass is 9.85. The van der Waals surface area contributed by atoms with Crippen LogP contribution in [0.3, 0.4) is 0 Å². The average molecular weight is 737 g/mol. The van der Waals surface area contributed by atoms with Crippen molar-refractivity contribution in [3.8, 4) is 33.4 Å². The minimum absolute atomic E-state index is 0.951. The molecule has 0 N–H and O–H groups in total. The number of benzene rings is 6. The Kier molecular flexibility index (Phi) is 14.5. The van der Waals surface area contributed by atoms with E-state index in [4.69, 9.17) is 0 Å². The van der Waals surface area contributed by atoms with Crippen LogP contribution in [0.2, 0.25) is 0 Å². The van der Waals surface area contributed by atoms with Gasteiger partial charge in [-0.2, -0.15) is 0 Å². The molecule has 0 radical (unpaired) electrons. The lowest BCUT2D eigenvalue weighted by Gasteiger charge is -2.19. The van der Waals surface area contributed by atoms with Crippen LogP contribution in [-0.2, 0) is 38.5 Å². The lowest BCUT2D eigenvalue weighted by Crippen LogP contribution is -2.07. The zero-order valence-electron chi connectivity index (χ0n) is 34.4. The van der Waals surface area contributed by atoms with E-state index < -0.39 is 0 Å². The number of rotatable bonds is 21. The molecule has 6 aromatic rings. The molecule has 0 spiro atoms. The van der Waals surface area contributed by atoms with Gasteiger partial charge in [-0.25, -0.2) is 0 Å². The van der Waals surface area contributed by atoms with Gasteiger partial charge < -0.3 is 0 Å². The summed E-state index contributed by atoms with van der Waals surface area (Å²) in [6, 6.07) is 51.4. The Labute approximate surface area is 339 Å². The van der Waals surface area contributed by atoms with Crippen LogP contribution in [0.1, 0.15) is 135 Å². The number of hydrogen-bond donors (Lipinski definition) is 0. The number of fused-ring (bicyclic) bond motifs is 1. The minimum Gasteiger partial charge on any atom is -0.0654 e. The van der Waals surface area contributed by atoms with E-state index in [0.717, 1.165) is 25.7 Å². The van der Waals surface area contributed by atoms with Crippen molar-refractivity contribution in [2.45, 2.75) is 129 Å². The highest BCUT2D eigenvalue weighted by atomic mass is 14.2. The summed E-state index contributed by atoms with van der Waals surface area (Å²) in [5, 5.41) is 0. The van der Waals surface area contributed by atoms with Crippen LogP contribution >= 0.6 is 0 Å². The van der Waals surface area contributed by atoms with E-state index in [-0.39, 0.29) is 0 Å². The van der Waals surface area contributed by atoms with Crippen LogP contribution in [-0.4, -0.2) is 0 Å². The van der Waals surface area contributed by atoms with Gasteiger partial charge >= 0.3 is 0 Å². The smallest absolute Gasteiger partial charge is 0.00255 e. The van der Waals surface area contributed by atoms with Gasteiger partial charge in [0.1, 0.15) is 0 Å². The Morgan fingerprint density at radius 3 is 1.34 bits per heavy atom. The van der Waals surface area contributed by atoms with Crippen molar-refractivity contribution in [2.24, 2.45) is 0 Å². The van der Waals surface area contributed by atoms with E-state index in [0.29, 0.717) is 0 Å². The molecule has 0 aromatic heterocycles. The fraction of sp³-hybridized carbons (Fsp3) is 0.357. The van der Waals surface area contributed by atoms with Gasteiger partial charge in [0.2, 0.25) is 0 Å². The van der Waals surface area contributed by atoms with Crippen LogP contribution in [0.15, 0.2) is 133 Å². The van der Waals surface area contributed by atoms with Crippen molar-refractivity contribution in [3.05, 3.63) is 178 Å². The Hall–Kier alpha value is -4.68. The van der Waals surface area contributed by atoms with E-state index >= 15 is 0 Å². The molecule has 7 rings (SSSR count). The zero-order valence-corrected chi connectivity index (χ0v) is 34.4. The van der Waals surface area contributed by atoms with Crippen LogP contribution in [0.4, 0.5) is 0 Å². The molecule has 56 heavy (non-hydrogen) atoms. The molecule has 0 bridgehead atoms. The van der Waals surface area contributed by atoms with Crippen molar-refractivity contribution < 1.29 is 0 Å². The molecule has 0 heterocycles. The SMILES string of the molecule is CCCCCCCCc1cc(-c2ccc(Cc3cccc(-c4ccc5c(c4)CC5)c3)cc2)c(CCCCCCCC)cc1-c1ccc(Cc2ccccc2)cc1. The minimum atomic E-state index is 0.951. The summed E-state index contributed by atoms with van der Waals surface area (Å²) in [6.45, 7) is 4.62. The number of unbranched alkanes of at least 4 members (excludes halogenated alkanes) is 10. The van der Waals surface area contributed by atoms with Gasteiger partial charge in [-0.3, -0.25) is 0 Å². The van der Waals surface area contributed by atoms with E-state index in [1.807, 2.05) is 0 Å². The van der Waals surface area contributed by atoms with Crippen molar-refractivity contribution >= 4 is 0 Å². The molecule has 0 saturated heterocycles. The van der Waals surface area contributed by atoms with E-state index in [1.165, 1.54) is 168 Å². The zero-order chi connectivity index (χ0) is 38.4. The van der Waals surface area contributed by atoms with Gasteiger partial charge in [-0.05, 0) is 129 Å². The number of hydrogen-bond acceptors (Lipinski definition) is 0. The third kappa shape index (κ3) is 10.8. The highest BCUT2D eigenvalue weighted by Gasteiger charge is 2.16. The fourth-order valence-corrected chi connectivity index (χ4v) is 8.74. The summed E-state index contributed by atoms with van der Waals surface area (Å²) < 4.78 is 0. The quantitative estimate of drug-likeness (QED) is 0.0646. The standard InChI is InChI=1S/C56H64/c1-3-5-7-9-11-16-22-53-42-56(49-31-27-45(28-32-49)38-46-21-18-24-50(39-46)52-36-34-47-33-35-51(47)40-52)54(23-17-12-10-8-6-4-2)41-55(53)48-29-25-44(26-30-48)37-43-19-14-13-15-20-43/h13-15,18-21,24-32,34,36,39-42H,3-12,16-17,22-23,33,35,37-38H2,1-2H3. The molecule has 0 amide bonds. The van der Waals surface area contributed by atoms with Crippen molar-refractivity contribution in [1.29, 1.82) is 0 Å². The maximum atomic E-state index is 2.60. The summed E-state index contributed by atoms with van der Waals surface area (Å²) in [6.07, 6.45) is 22.5. The molecule has 0 atom stereocenters. The second-order valence-corrected chi connectivity index (χ2v) is 16.6. The highest BCUT2D eigenvalue weighted by Crippen LogP contribution is 2.36. The van der Waals surface area contributed by atoms with Gasteiger partial charge in [0.15, 0.2) is 0 Å². The van der Waals surface area contributed by atoms with Gasteiger partial charge in [0, 0.05) is 0 Å². The maximum Gasteiger partial charge on any atom is -0.00255 e. The van der Waals surface area contributed by atoms with Gasteiger partial charge in [0.25, 0.3) is 0 Å². The van der Waals surface area contributed by atoms with Crippen molar-refractivity contribution in [1.82, 2.24) is 0 Å². The molecular weight excluding hydrogens is 673 g/mol. The third-order valence-electron chi connectivity index (χ3n) is 12.2.